The normalized spacial score (nSPS) is 26.8. The average molecular weight is 295 g/mol. The SMILES string of the molecule is N#Cc1cn2cc(C(=O)N[C@@H]3C[C@H]4CCN(C4)C3)ccc2n1. The first-order valence-electron chi connectivity index (χ1n) is 7.63. The fourth-order valence-electron chi connectivity index (χ4n) is 3.61. The smallest absolute Gasteiger partial charge is 0.253 e. The summed E-state index contributed by atoms with van der Waals surface area (Å²) in [5.41, 5.74) is 1.63. The van der Waals surface area contributed by atoms with Gasteiger partial charge in [-0.3, -0.25) is 4.79 Å². The second kappa shape index (κ2) is 5.11. The van der Waals surface area contributed by atoms with Crippen molar-refractivity contribution in [2.75, 3.05) is 19.6 Å². The summed E-state index contributed by atoms with van der Waals surface area (Å²) in [5.74, 6) is 0.676. The van der Waals surface area contributed by atoms with Crippen molar-refractivity contribution >= 4 is 11.6 Å². The molecule has 0 saturated carbocycles. The number of carbonyl (C=O) groups is 1. The lowest BCUT2D eigenvalue weighted by atomic mass is 9.96. The van der Waals surface area contributed by atoms with E-state index in [1.807, 2.05) is 6.07 Å². The number of nitrogens with one attached hydrogen (secondary N) is 1. The van der Waals surface area contributed by atoms with Crippen LogP contribution in [-0.2, 0) is 0 Å². The largest absolute Gasteiger partial charge is 0.348 e. The van der Waals surface area contributed by atoms with Crippen molar-refractivity contribution < 1.29 is 4.79 Å². The molecule has 0 spiro atoms. The van der Waals surface area contributed by atoms with Gasteiger partial charge in [0.1, 0.15) is 11.7 Å². The van der Waals surface area contributed by atoms with Gasteiger partial charge in [0.25, 0.3) is 5.91 Å². The number of hydrogen-bond acceptors (Lipinski definition) is 4. The number of piperidine rings is 1. The summed E-state index contributed by atoms with van der Waals surface area (Å²) in [7, 11) is 0. The molecule has 0 radical (unpaired) electrons. The Hall–Kier alpha value is -2.39. The van der Waals surface area contributed by atoms with Crippen LogP contribution < -0.4 is 5.32 Å². The lowest BCUT2D eigenvalue weighted by molar-refractivity contribution is 0.0909. The highest BCUT2D eigenvalue weighted by atomic mass is 16.1. The summed E-state index contributed by atoms with van der Waals surface area (Å²) in [4.78, 5) is 19.0. The molecule has 1 unspecified atom stereocenters. The molecular formula is C16H17N5O. The zero-order chi connectivity index (χ0) is 15.1. The molecular weight excluding hydrogens is 278 g/mol. The molecule has 22 heavy (non-hydrogen) atoms. The van der Waals surface area contributed by atoms with E-state index in [2.05, 4.69) is 15.2 Å². The van der Waals surface area contributed by atoms with Gasteiger partial charge in [-0.2, -0.15) is 5.26 Å². The van der Waals surface area contributed by atoms with E-state index >= 15 is 0 Å². The maximum absolute atomic E-state index is 12.4. The molecule has 2 aromatic heterocycles. The molecule has 4 rings (SSSR count). The molecule has 3 atom stereocenters. The molecule has 2 fully saturated rings. The van der Waals surface area contributed by atoms with Crippen LogP contribution in [0.25, 0.3) is 5.65 Å². The van der Waals surface area contributed by atoms with Crippen LogP contribution in [0.1, 0.15) is 28.9 Å². The van der Waals surface area contributed by atoms with Gasteiger partial charge in [-0.05, 0) is 37.4 Å². The molecule has 1 N–H and O–H groups in total. The van der Waals surface area contributed by atoms with E-state index in [-0.39, 0.29) is 11.9 Å². The Morgan fingerprint density at radius 3 is 3.09 bits per heavy atom. The molecule has 6 nitrogen and oxygen atoms in total. The summed E-state index contributed by atoms with van der Waals surface area (Å²) in [5, 5.41) is 12.0. The van der Waals surface area contributed by atoms with Crippen LogP contribution in [0, 0.1) is 17.2 Å². The highest BCUT2D eigenvalue weighted by Crippen LogP contribution is 2.26. The summed E-state index contributed by atoms with van der Waals surface area (Å²) >= 11 is 0. The lowest BCUT2D eigenvalue weighted by Gasteiger charge is -2.30. The first-order chi connectivity index (χ1) is 10.7. The predicted molar refractivity (Wildman–Crippen MR) is 80.3 cm³/mol. The number of imidazole rings is 1. The Morgan fingerprint density at radius 2 is 2.27 bits per heavy atom. The van der Waals surface area contributed by atoms with Gasteiger partial charge in [-0.25, -0.2) is 4.98 Å². The van der Waals surface area contributed by atoms with Gasteiger partial charge < -0.3 is 14.6 Å². The van der Waals surface area contributed by atoms with E-state index in [1.165, 1.54) is 13.0 Å². The van der Waals surface area contributed by atoms with Crippen LogP contribution in [-0.4, -0.2) is 45.9 Å². The third-order valence-electron chi connectivity index (χ3n) is 4.63. The number of hydrogen-bond donors (Lipinski definition) is 1. The van der Waals surface area contributed by atoms with Crippen molar-refractivity contribution in [3.63, 3.8) is 0 Å². The minimum Gasteiger partial charge on any atom is -0.348 e. The number of fused-ring (bicyclic) bond motifs is 3. The highest BCUT2D eigenvalue weighted by Gasteiger charge is 2.32. The summed E-state index contributed by atoms with van der Waals surface area (Å²) < 4.78 is 1.72. The first kappa shape index (κ1) is 13.3. The first-order valence-corrected chi connectivity index (χ1v) is 7.63. The Balaban J connectivity index is 1.51. The number of pyridine rings is 1. The summed E-state index contributed by atoms with van der Waals surface area (Å²) in [6.45, 7) is 3.30. The number of carbonyl (C=O) groups excluding carboxylic acids is 1. The second-order valence-electron chi connectivity index (χ2n) is 6.24. The monoisotopic (exact) mass is 295 g/mol. The van der Waals surface area contributed by atoms with E-state index in [0.29, 0.717) is 16.9 Å². The van der Waals surface area contributed by atoms with Gasteiger partial charge in [-0.1, -0.05) is 0 Å². The zero-order valence-electron chi connectivity index (χ0n) is 12.2. The molecule has 2 bridgehead atoms. The van der Waals surface area contributed by atoms with Gasteiger partial charge in [0, 0.05) is 31.5 Å². The summed E-state index contributed by atoms with van der Waals surface area (Å²) in [6.07, 6.45) is 5.70. The van der Waals surface area contributed by atoms with E-state index in [4.69, 9.17) is 5.26 Å². The summed E-state index contributed by atoms with van der Waals surface area (Å²) in [6, 6.07) is 5.78. The topological polar surface area (TPSA) is 73.4 Å². The zero-order valence-corrected chi connectivity index (χ0v) is 12.2. The van der Waals surface area contributed by atoms with Crippen molar-refractivity contribution in [3.05, 3.63) is 35.8 Å². The molecule has 2 aliphatic rings. The number of nitrogens with zero attached hydrogens (tertiary/aromatic N) is 4. The number of aromatic nitrogens is 2. The van der Waals surface area contributed by atoms with Crippen LogP contribution in [0.3, 0.4) is 0 Å². The minimum absolute atomic E-state index is 0.0541. The predicted octanol–water partition coefficient (Wildman–Crippen LogP) is 1.03. The van der Waals surface area contributed by atoms with E-state index < -0.39 is 0 Å². The van der Waals surface area contributed by atoms with Crippen LogP contribution in [0.15, 0.2) is 24.5 Å². The van der Waals surface area contributed by atoms with Gasteiger partial charge in [-0.15, -0.1) is 0 Å². The van der Waals surface area contributed by atoms with Gasteiger partial charge >= 0.3 is 0 Å². The Bertz CT molecular complexity index is 762. The second-order valence-corrected chi connectivity index (χ2v) is 6.24. The van der Waals surface area contributed by atoms with E-state index in [0.717, 1.165) is 25.4 Å². The molecule has 2 saturated heterocycles. The van der Waals surface area contributed by atoms with Crippen molar-refractivity contribution in [2.45, 2.75) is 18.9 Å². The Labute approximate surface area is 128 Å². The molecule has 6 heteroatoms. The van der Waals surface area contributed by atoms with Crippen molar-refractivity contribution in [1.82, 2.24) is 19.6 Å². The fraction of sp³-hybridized carbons (Fsp3) is 0.438. The number of rotatable bonds is 2. The third-order valence-corrected chi connectivity index (χ3v) is 4.63. The standard InChI is InChI=1S/C16H17N5O/c17-6-14-10-21-8-12(1-2-15(21)18-14)16(22)19-13-5-11-3-4-20(7-11)9-13/h1-2,8,10-11,13H,3-5,7,9H2,(H,19,22)/t11-,13-/m1/s1. The maximum Gasteiger partial charge on any atom is 0.253 e. The van der Waals surface area contributed by atoms with Crippen LogP contribution in [0.5, 0.6) is 0 Å². The minimum atomic E-state index is -0.0541. The van der Waals surface area contributed by atoms with Gasteiger partial charge in [0.2, 0.25) is 0 Å². The van der Waals surface area contributed by atoms with Crippen molar-refractivity contribution in [2.24, 2.45) is 5.92 Å². The highest BCUT2D eigenvalue weighted by molar-refractivity contribution is 5.94. The molecule has 2 aromatic rings. The Morgan fingerprint density at radius 1 is 1.36 bits per heavy atom. The maximum atomic E-state index is 12.4. The number of amides is 1. The van der Waals surface area contributed by atoms with Gasteiger partial charge in [0.05, 0.1) is 5.56 Å². The molecule has 112 valence electrons. The molecule has 0 aliphatic carbocycles. The lowest BCUT2D eigenvalue weighted by Crippen LogP contribution is -2.47. The molecule has 2 aliphatic heterocycles. The molecule has 4 heterocycles. The van der Waals surface area contributed by atoms with Crippen LogP contribution in [0.2, 0.25) is 0 Å². The van der Waals surface area contributed by atoms with Crippen LogP contribution in [0.4, 0.5) is 0 Å². The Kier molecular flexibility index (Phi) is 3.09. The quantitative estimate of drug-likeness (QED) is 0.898. The van der Waals surface area contributed by atoms with E-state index in [9.17, 15) is 4.79 Å². The van der Waals surface area contributed by atoms with Crippen molar-refractivity contribution in [1.29, 1.82) is 5.26 Å². The third kappa shape index (κ3) is 2.34. The average Bonchev–Trinajstić information content (AvgIpc) is 3.09. The van der Waals surface area contributed by atoms with Gasteiger partial charge in [0.15, 0.2) is 5.69 Å². The van der Waals surface area contributed by atoms with E-state index in [1.54, 1.807) is 28.9 Å². The van der Waals surface area contributed by atoms with Crippen LogP contribution >= 0.6 is 0 Å². The fourth-order valence-corrected chi connectivity index (χ4v) is 3.61. The molecule has 1 amide bonds. The van der Waals surface area contributed by atoms with Crippen molar-refractivity contribution in [3.8, 4) is 6.07 Å². The molecule has 0 aromatic carbocycles. The number of nitriles is 1.